The third kappa shape index (κ3) is 5.51. The maximum absolute atomic E-state index is 12.9. The molecule has 0 aromatic carbocycles. The van der Waals surface area contributed by atoms with E-state index in [1.807, 2.05) is 5.38 Å². The maximum atomic E-state index is 12.9. The topological polar surface area (TPSA) is 194 Å². The summed E-state index contributed by atoms with van der Waals surface area (Å²) in [5.74, 6) is -0.677. The average Bonchev–Trinajstić information content (AvgIpc) is 3.30. The second-order valence-corrected chi connectivity index (χ2v) is 11.9. The molecule has 0 aliphatic carbocycles. The van der Waals surface area contributed by atoms with E-state index in [0.717, 1.165) is 16.3 Å². The number of aromatic nitrogens is 2. The highest BCUT2D eigenvalue weighted by molar-refractivity contribution is 8.07. The van der Waals surface area contributed by atoms with Crippen LogP contribution in [0.5, 0.6) is 0 Å². The Balaban J connectivity index is 1.46. The summed E-state index contributed by atoms with van der Waals surface area (Å²) < 4.78 is 0.679. The van der Waals surface area contributed by atoms with Gasteiger partial charge in [0.25, 0.3) is 11.8 Å². The summed E-state index contributed by atoms with van der Waals surface area (Å²) in [6, 6.07) is 1.97. The van der Waals surface area contributed by atoms with Crippen LogP contribution in [0.2, 0.25) is 0 Å². The fraction of sp³-hybridized carbons (Fsp3) is 0.350. The highest BCUT2D eigenvalue weighted by atomic mass is 32.2. The van der Waals surface area contributed by atoms with Crippen LogP contribution in [0.25, 0.3) is 0 Å². The van der Waals surface area contributed by atoms with Crippen molar-refractivity contribution in [2.75, 3.05) is 23.8 Å². The van der Waals surface area contributed by atoms with Crippen LogP contribution in [0.4, 0.5) is 5.82 Å². The van der Waals surface area contributed by atoms with Crippen molar-refractivity contribution in [2.24, 2.45) is 10.9 Å². The van der Waals surface area contributed by atoms with Crippen molar-refractivity contribution < 1.29 is 19.5 Å². The number of hydrogen-bond donors (Lipinski definition) is 4. The molecule has 2 aromatic rings. The number of pyridine rings is 1. The van der Waals surface area contributed by atoms with E-state index < -0.39 is 35.2 Å². The number of amides is 2. The van der Waals surface area contributed by atoms with E-state index in [1.54, 1.807) is 11.8 Å². The lowest BCUT2D eigenvalue weighted by atomic mass is 10.0. The fourth-order valence-electron chi connectivity index (χ4n) is 3.53. The minimum absolute atomic E-state index is 0.0523. The average molecular weight is 568 g/mol. The first-order valence-electron chi connectivity index (χ1n) is 10.5. The summed E-state index contributed by atoms with van der Waals surface area (Å²) in [5.41, 5.74) is 11.9. The Morgan fingerprint density at radius 3 is 2.86 bits per heavy atom. The zero-order valence-electron chi connectivity index (χ0n) is 18.5. The first kappa shape index (κ1) is 26.4. The second-order valence-electron chi connectivity index (χ2n) is 7.52. The van der Waals surface area contributed by atoms with Crippen molar-refractivity contribution in [3.63, 3.8) is 0 Å². The fourth-order valence-corrected chi connectivity index (χ4v) is 7.77. The Hall–Kier alpha value is -2.66. The second kappa shape index (κ2) is 11.6. The van der Waals surface area contributed by atoms with Crippen LogP contribution in [0, 0.1) is 4.91 Å². The lowest BCUT2D eigenvalue weighted by Gasteiger charge is -2.49. The van der Waals surface area contributed by atoms with Gasteiger partial charge in [-0.2, -0.15) is 11.8 Å². The molecule has 4 rings (SSSR count). The Morgan fingerprint density at radius 1 is 1.36 bits per heavy atom. The molecule has 1 unspecified atom stereocenters. The number of aliphatic carboxylic acids is 1. The van der Waals surface area contributed by atoms with Gasteiger partial charge in [-0.05, 0) is 17.3 Å². The highest BCUT2D eigenvalue weighted by Gasteiger charge is 2.54. The van der Waals surface area contributed by atoms with Gasteiger partial charge in [-0.3, -0.25) is 14.5 Å². The Kier molecular flexibility index (Phi) is 8.50. The number of nitroso groups, excluding NO2 is 1. The van der Waals surface area contributed by atoms with Crippen LogP contribution in [0.15, 0.2) is 43.7 Å². The molecule has 1 fully saturated rings. The Bertz CT molecular complexity index is 1220. The van der Waals surface area contributed by atoms with Crippen molar-refractivity contribution in [3.8, 4) is 0 Å². The van der Waals surface area contributed by atoms with E-state index in [2.05, 4.69) is 20.5 Å². The number of carboxylic acid groups (broad SMARTS) is 1. The van der Waals surface area contributed by atoms with Crippen molar-refractivity contribution in [1.82, 2.24) is 20.2 Å². The van der Waals surface area contributed by atoms with Gasteiger partial charge in [0.1, 0.15) is 22.9 Å². The number of hydrogen-bond acceptors (Lipinski definition) is 13. The first-order valence-corrected chi connectivity index (χ1v) is 14.4. The van der Waals surface area contributed by atoms with Crippen molar-refractivity contribution >= 4 is 70.2 Å². The molecule has 0 radical (unpaired) electrons. The normalized spacial score (nSPS) is 19.9. The number of nitrogens with two attached hydrogens (primary N) is 2. The monoisotopic (exact) mass is 567 g/mol. The number of carbonyl (C=O) groups excluding carboxylic acids is 2. The molecule has 36 heavy (non-hydrogen) atoms. The molecule has 3 atom stereocenters. The van der Waals surface area contributed by atoms with Crippen LogP contribution in [0.1, 0.15) is 17.4 Å². The van der Waals surface area contributed by atoms with Crippen LogP contribution < -0.4 is 16.8 Å². The molecule has 4 heterocycles. The SMILES string of the molecule is NCCSCc1csc(SC2=C(C(=O)O)N3C(=O)[C@@H](NC(=O)C(N=O)c4cccc(N)n4)[C@@H]3SC2)n1. The van der Waals surface area contributed by atoms with Gasteiger partial charge >= 0.3 is 5.97 Å². The number of carbonyl (C=O) groups is 3. The molecular weight excluding hydrogens is 547 g/mol. The van der Waals surface area contributed by atoms with Crippen molar-refractivity contribution in [3.05, 3.63) is 50.5 Å². The third-order valence-corrected chi connectivity index (χ3v) is 9.67. The Labute approximate surface area is 222 Å². The predicted molar refractivity (Wildman–Crippen MR) is 140 cm³/mol. The van der Waals surface area contributed by atoms with Crippen LogP contribution >= 0.6 is 46.6 Å². The van der Waals surface area contributed by atoms with Gasteiger partial charge in [0.2, 0.25) is 6.04 Å². The van der Waals surface area contributed by atoms with Gasteiger partial charge < -0.3 is 21.9 Å². The number of β-lactam (4-membered cyclic amide) rings is 1. The van der Waals surface area contributed by atoms with E-state index in [9.17, 15) is 24.4 Å². The van der Waals surface area contributed by atoms with Gasteiger partial charge in [-0.1, -0.05) is 17.8 Å². The molecule has 2 amide bonds. The van der Waals surface area contributed by atoms with Gasteiger partial charge in [0.05, 0.1) is 11.4 Å². The number of nitrogens with one attached hydrogen (secondary N) is 1. The predicted octanol–water partition coefficient (Wildman–Crippen LogP) is 1.61. The summed E-state index contributed by atoms with van der Waals surface area (Å²) in [5, 5.41) is 16.5. The lowest BCUT2D eigenvalue weighted by Crippen LogP contribution is -2.70. The quantitative estimate of drug-likeness (QED) is 0.174. The zero-order chi connectivity index (χ0) is 25.8. The largest absolute Gasteiger partial charge is 0.477 e. The molecule has 2 aliphatic rings. The van der Waals surface area contributed by atoms with Gasteiger partial charge in [0, 0.05) is 34.1 Å². The van der Waals surface area contributed by atoms with Crippen LogP contribution in [-0.4, -0.2) is 67.2 Å². The number of fused-ring (bicyclic) bond motifs is 1. The highest BCUT2D eigenvalue weighted by Crippen LogP contribution is 2.45. The minimum Gasteiger partial charge on any atom is -0.477 e. The summed E-state index contributed by atoms with van der Waals surface area (Å²) in [7, 11) is 0. The first-order chi connectivity index (χ1) is 17.3. The smallest absolute Gasteiger partial charge is 0.353 e. The van der Waals surface area contributed by atoms with E-state index in [4.69, 9.17) is 11.5 Å². The number of rotatable bonds is 11. The van der Waals surface area contributed by atoms with Crippen molar-refractivity contribution in [2.45, 2.75) is 27.6 Å². The number of thiazole rings is 1. The molecule has 6 N–H and O–H groups in total. The number of anilines is 1. The maximum Gasteiger partial charge on any atom is 0.353 e. The molecule has 0 spiro atoms. The number of thioether (sulfide) groups is 3. The summed E-state index contributed by atoms with van der Waals surface area (Å²) in [4.78, 5) is 59.2. The van der Waals surface area contributed by atoms with Gasteiger partial charge in [-0.15, -0.1) is 28.0 Å². The van der Waals surface area contributed by atoms with Gasteiger partial charge in [0.15, 0.2) is 4.34 Å². The summed E-state index contributed by atoms with van der Waals surface area (Å²) in [6.07, 6.45) is 0. The molecule has 12 nitrogen and oxygen atoms in total. The molecule has 2 aliphatic heterocycles. The molecule has 190 valence electrons. The van der Waals surface area contributed by atoms with E-state index in [1.165, 1.54) is 53.1 Å². The van der Waals surface area contributed by atoms with E-state index in [-0.39, 0.29) is 17.2 Å². The summed E-state index contributed by atoms with van der Waals surface area (Å²) in [6.45, 7) is 0.582. The molecule has 2 aromatic heterocycles. The molecule has 0 bridgehead atoms. The minimum atomic E-state index is -1.49. The van der Waals surface area contributed by atoms with E-state index in [0.29, 0.717) is 27.3 Å². The van der Waals surface area contributed by atoms with Crippen LogP contribution in [0.3, 0.4) is 0 Å². The van der Waals surface area contributed by atoms with Gasteiger partial charge in [-0.25, -0.2) is 14.8 Å². The number of carboxylic acids is 1. The van der Waals surface area contributed by atoms with Crippen LogP contribution in [-0.2, 0) is 20.1 Å². The molecular formula is C20H21N7O5S4. The van der Waals surface area contributed by atoms with E-state index >= 15 is 0 Å². The van der Waals surface area contributed by atoms with Crippen molar-refractivity contribution in [1.29, 1.82) is 0 Å². The summed E-state index contributed by atoms with van der Waals surface area (Å²) >= 11 is 5.61. The third-order valence-electron chi connectivity index (χ3n) is 5.11. The number of nitrogen functional groups attached to an aromatic ring is 1. The molecule has 0 saturated carbocycles. The number of nitrogens with zero attached hydrogens (tertiary/aromatic N) is 4. The molecule has 16 heteroatoms. The Morgan fingerprint density at radius 2 is 2.17 bits per heavy atom. The zero-order valence-corrected chi connectivity index (χ0v) is 21.8. The standard InChI is InChI=1S/C20H21N7O5S4/c21-4-5-33-6-9-7-35-20(23-9)36-11-8-34-18-14(17(29)27(18)15(11)19(30)31)25-16(28)13(26-32)10-2-1-3-12(22)24-10/h1-3,7,13-14,18H,4-6,8,21H2,(H2,22,24)(H,25,28)(H,30,31)/t13?,14-,18+/m1/s1. The molecule has 1 saturated heterocycles. The lowest BCUT2D eigenvalue weighted by molar-refractivity contribution is -0.150.